The number of hydrogen-bond donors (Lipinski definition) is 1. The van der Waals surface area contributed by atoms with Gasteiger partial charge in [-0.2, -0.15) is 0 Å². The molecule has 0 aliphatic rings. The average Bonchev–Trinajstić information content (AvgIpc) is 2.14. The average molecular weight is 306 g/mol. The molecule has 1 aromatic rings. The summed E-state index contributed by atoms with van der Waals surface area (Å²) < 4.78 is 28.5. The van der Waals surface area contributed by atoms with E-state index in [0.29, 0.717) is 4.47 Å². The molecule has 0 aromatic heterocycles. The van der Waals surface area contributed by atoms with Gasteiger partial charge in [0.15, 0.2) is 0 Å². The highest BCUT2D eigenvalue weighted by atomic mass is 79.9. The second kappa shape index (κ2) is 4.99. The molecule has 0 saturated heterocycles. The van der Waals surface area contributed by atoms with Gasteiger partial charge in [0.25, 0.3) is 0 Å². The molecule has 0 fully saturated rings. The minimum absolute atomic E-state index is 0.0388. The summed E-state index contributed by atoms with van der Waals surface area (Å²) in [5, 5.41) is 5.08. The van der Waals surface area contributed by atoms with E-state index in [1.165, 1.54) is 6.07 Å². The molecule has 6 heteroatoms. The number of halogens is 1. The highest BCUT2D eigenvalue weighted by Crippen LogP contribution is 2.26. The maximum absolute atomic E-state index is 11.3. The number of benzene rings is 1. The molecule has 0 atom stereocenters. The predicted octanol–water partition coefficient (Wildman–Crippen LogP) is 2.05. The molecule has 0 spiro atoms. The van der Waals surface area contributed by atoms with Crippen molar-refractivity contribution in [3.05, 3.63) is 34.8 Å². The second-order valence-corrected chi connectivity index (χ2v) is 5.83. The van der Waals surface area contributed by atoms with Crippen molar-refractivity contribution in [2.24, 2.45) is 5.14 Å². The lowest BCUT2D eigenvalue weighted by atomic mass is 10.3. The zero-order chi connectivity index (χ0) is 12.3. The Morgan fingerprint density at radius 1 is 1.56 bits per heavy atom. The van der Waals surface area contributed by atoms with E-state index in [1.54, 1.807) is 19.1 Å². The fourth-order valence-electron chi connectivity index (χ4n) is 1.02. The number of sulfonamides is 1. The van der Waals surface area contributed by atoms with Gasteiger partial charge in [0.1, 0.15) is 17.3 Å². The lowest BCUT2D eigenvalue weighted by Gasteiger charge is -2.10. The maximum atomic E-state index is 11.3. The Morgan fingerprint density at radius 3 is 2.69 bits per heavy atom. The standard InChI is InChI=1S/C10H12BrNO3S/c1-7(2)6-15-9-4-3-8(11)5-10(9)16(12,13)14/h3-5H,1,6H2,2H3,(H2,12,13,14). The van der Waals surface area contributed by atoms with Crippen LogP contribution in [0.2, 0.25) is 0 Å². The van der Waals surface area contributed by atoms with E-state index in [4.69, 9.17) is 9.88 Å². The van der Waals surface area contributed by atoms with Gasteiger partial charge >= 0.3 is 0 Å². The third-order valence-corrected chi connectivity index (χ3v) is 3.11. The van der Waals surface area contributed by atoms with Crippen molar-refractivity contribution in [2.45, 2.75) is 11.8 Å². The third kappa shape index (κ3) is 3.62. The zero-order valence-electron chi connectivity index (χ0n) is 8.73. The van der Waals surface area contributed by atoms with Gasteiger partial charge in [-0.15, -0.1) is 0 Å². The number of rotatable bonds is 4. The Bertz CT molecular complexity index is 511. The van der Waals surface area contributed by atoms with Crippen LogP contribution in [0.1, 0.15) is 6.92 Å². The van der Waals surface area contributed by atoms with Crippen molar-refractivity contribution in [2.75, 3.05) is 6.61 Å². The molecule has 0 heterocycles. The van der Waals surface area contributed by atoms with Gasteiger partial charge in [0.05, 0.1) is 0 Å². The van der Waals surface area contributed by atoms with E-state index in [9.17, 15) is 8.42 Å². The smallest absolute Gasteiger partial charge is 0.241 e. The molecular weight excluding hydrogens is 294 g/mol. The molecule has 0 unspecified atom stereocenters. The Morgan fingerprint density at radius 2 is 2.19 bits per heavy atom. The predicted molar refractivity (Wildman–Crippen MR) is 65.8 cm³/mol. The van der Waals surface area contributed by atoms with Gasteiger partial charge in [0.2, 0.25) is 10.0 Å². The van der Waals surface area contributed by atoms with Crippen LogP contribution in [0.15, 0.2) is 39.7 Å². The van der Waals surface area contributed by atoms with Crippen molar-refractivity contribution < 1.29 is 13.2 Å². The number of ether oxygens (including phenoxy) is 1. The zero-order valence-corrected chi connectivity index (χ0v) is 11.1. The first-order valence-corrected chi connectivity index (χ1v) is 6.74. The molecule has 0 amide bonds. The van der Waals surface area contributed by atoms with E-state index < -0.39 is 10.0 Å². The molecule has 0 bridgehead atoms. The van der Waals surface area contributed by atoms with E-state index >= 15 is 0 Å². The quantitative estimate of drug-likeness (QED) is 0.866. The third-order valence-electron chi connectivity index (χ3n) is 1.69. The summed E-state index contributed by atoms with van der Waals surface area (Å²) in [6.07, 6.45) is 0. The second-order valence-electron chi connectivity index (χ2n) is 3.38. The van der Waals surface area contributed by atoms with Crippen LogP contribution in [0.3, 0.4) is 0 Å². The summed E-state index contributed by atoms with van der Waals surface area (Å²) in [7, 11) is -3.79. The summed E-state index contributed by atoms with van der Waals surface area (Å²) in [5.74, 6) is 0.230. The van der Waals surface area contributed by atoms with Crippen LogP contribution in [0.5, 0.6) is 5.75 Å². The maximum Gasteiger partial charge on any atom is 0.241 e. The summed E-state index contributed by atoms with van der Waals surface area (Å²) >= 11 is 3.18. The van der Waals surface area contributed by atoms with Gasteiger partial charge in [-0.25, -0.2) is 13.6 Å². The van der Waals surface area contributed by atoms with Gasteiger partial charge in [-0.3, -0.25) is 0 Å². The molecule has 2 N–H and O–H groups in total. The monoisotopic (exact) mass is 305 g/mol. The highest BCUT2D eigenvalue weighted by molar-refractivity contribution is 9.10. The molecule has 0 aliphatic heterocycles. The summed E-state index contributed by atoms with van der Waals surface area (Å²) in [4.78, 5) is -0.0388. The Balaban J connectivity index is 3.13. The Labute approximate surface area is 103 Å². The molecule has 1 aromatic carbocycles. The lowest BCUT2D eigenvalue weighted by Crippen LogP contribution is -2.14. The van der Waals surface area contributed by atoms with Gasteiger partial charge in [-0.1, -0.05) is 22.5 Å². The summed E-state index contributed by atoms with van der Waals surface area (Å²) in [6.45, 7) is 5.71. The van der Waals surface area contributed by atoms with Crippen molar-refractivity contribution in [3.8, 4) is 5.75 Å². The van der Waals surface area contributed by atoms with Crippen LogP contribution in [0.25, 0.3) is 0 Å². The van der Waals surface area contributed by atoms with Gasteiger partial charge in [0, 0.05) is 4.47 Å². The molecule has 0 saturated carbocycles. The fourth-order valence-corrected chi connectivity index (χ4v) is 2.24. The van der Waals surface area contributed by atoms with Crippen molar-refractivity contribution in [1.82, 2.24) is 0 Å². The molecule has 1 rings (SSSR count). The van der Waals surface area contributed by atoms with Gasteiger partial charge in [-0.05, 0) is 30.7 Å². The highest BCUT2D eigenvalue weighted by Gasteiger charge is 2.15. The molecule has 0 radical (unpaired) electrons. The van der Waals surface area contributed by atoms with Crippen LogP contribution in [0, 0.1) is 0 Å². The SMILES string of the molecule is C=C(C)COc1ccc(Br)cc1S(N)(=O)=O. The van der Waals surface area contributed by atoms with Crippen molar-refractivity contribution in [1.29, 1.82) is 0 Å². The molecule has 88 valence electrons. The summed E-state index contributed by atoms with van der Waals surface area (Å²) in [6, 6.07) is 4.64. The topological polar surface area (TPSA) is 69.4 Å². The Kier molecular flexibility index (Phi) is 4.12. The molecule has 0 aliphatic carbocycles. The first-order chi connectivity index (χ1) is 7.30. The molecule has 16 heavy (non-hydrogen) atoms. The van der Waals surface area contributed by atoms with E-state index in [0.717, 1.165) is 5.57 Å². The number of nitrogens with two attached hydrogens (primary N) is 1. The van der Waals surface area contributed by atoms with Crippen LogP contribution < -0.4 is 9.88 Å². The first-order valence-electron chi connectivity index (χ1n) is 4.40. The van der Waals surface area contributed by atoms with Crippen LogP contribution in [-0.2, 0) is 10.0 Å². The van der Waals surface area contributed by atoms with Crippen LogP contribution in [-0.4, -0.2) is 15.0 Å². The molecule has 4 nitrogen and oxygen atoms in total. The minimum Gasteiger partial charge on any atom is -0.488 e. The molecular formula is C10H12BrNO3S. The van der Waals surface area contributed by atoms with Crippen molar-refractivity contribution >= 4 is 26.0 Å². The number of primary sulfonamides is 1. The Hall–Kier alpha value is -0.850. The van der Waals surface area contributed by atoms with Crippen LogP contribution in [0.4, 0.5) is 0 Å². The number of hydrogen-bond acceptors (Lipinski definition) is 3. The van der Waals surface area contributed by atoms with Gasteiger partial charge < -0.3 is 4.74 Å². The van der Waals surface area contributed by atoms with Crippen molar-refractivity contribution in [3.63, 3.8) is 0 Å². The minimum atomic E-state index is -3.79. The largest absolute Gasteiger partial charge is 0.488 e. The van der Waals surface area contributed by atoms with Crippen LogP contribution >= 0.6 is 15.9 Å². The van der Waals surface area contributed by atoms with E-state index in [-0.39, 0.29) is 17.3 Å². The fraction of sp³-hybridized carbons (Fsp3) is 0.200. The van der Waals surface area contributed by atoms with E-state index in [2.05, 4.69) is 22.5 Å². The normalized spacial score (nSPS) is 11.2. The lowest BCUT2D eigenvalue weighted by molar-refractivity contribution is 0.343. The summed E-state index contributed by atoms with van der Waals surface area (Å²) in [5.41, 5.74) is 0.795. The first kappa shape index (κ1) is 13.2. The van der Waals surface area contributed by atoms with E-state index in [1.807, 2.05) is 0 Å².